The summed E-state index contributed by atoms with van der Waals surface area (Å²) in [5.41, 5.74) is 5.21. The SMILES string of the molecule is CCC1Oc2cccc(-c3ccccc3)c2C1c1ccccc1. The second kappa shape index (κ2) is 5.92. The fraction of sp³-hybridized carbons (Fsp3) is 0.182. The van der Waals surface area contributed by atoms with Crippen molar-refractivity contribution >= 4 is 0 Å². The summed E-state index contributed by atoms with van der Waals surface area (Å²) in [5, 5.41) is 0. The van der Waals surface area contributed by atoms with E-state index in [-0.39, 0.29) is 6.10 Å². The summed E-state index contributed by atoms with van der Waals surface area (Å²) < 4.78 is 6.29. The molecular weight excluding hydrogens is 280 g/mol. The molecule has 0 N–H and O–H groups in total. The molecular formula is C22H20O. The van der Waals surface area contributed by atoms with E-state index in [0.717, 1.165) is 12.2 Å². The Balaban J connectivity index is 1.91. The van der Waals surface area contributed by atoms with Gasteiger partial charge in [0.15, 0.2) is 0 Å². The van der Waals surface area contributed by atoms with Crippen molar-refractivity contribution in [3.63, 3.8) is 0 Å². The second-order valence-corrected chi connectivity index (χ2v) is 6.04. The third-order valence-electron chi connectivity index (χ3n) is 4.67. The highest BCUT2D eigenvalue weighted by atomic mass is 16.5. The lowest BCUT2D eigenvalue weighted by Gasteiger charge is -2.19. The van der Waals surface area contributed by atoms with E-state index in [1.807, 2.05) is 0 Å². The monoisotopic (exact) mass is 300 g/mol. The molecule has 0 aliphatic carbocycles. The molecule has 1 heteroatoms. The quantitative estimate of drug-likeness (QED) is 0.606. The summed E-state index contributed by atoms with van der Waals surface area (Å²) in [5.74, 6) is 1.33. The lowest BCUT2D eigenvalue weighted by Crippen LogP contribution is -2.18. The van der Waals surface area contributed by atoms with E-state index in [4.69, 9.17) is 4.74 Å². The van der Waals surface area contributed by atoms with Crippen LogP contribution >= 0.6 is 0 Å². The summed E-state index contributed by atoms with van der Waals surface area (Å²) in [4.78, 5) is 0. The fourth-order valence-corrected chi connectivity index (χ4v) is 3.61. The van der Waals surface area contributed by atoms with Gasteiger partial charge in [0, 0.05) is 5.56 Å². The summed E-state index contributed by atoms with van der Waals surface area (Å²) >= 11 is 0. The Morgan fingerprint density at radius 2 is 1.48 bits per heavy atom. The van der Waals surface area contributed by atoms with Gasteiger partial charge in [-0.15, -0.1) is 0 Å². The number of hydrogen-bond donors (Lipinski definition) is 0. The molecule has 23 heavy (non-hydrogen) atoms. The largest absolute Gasteiger partial charge is 0.489 e. The predicted molar refractivity (Wildman–Crippen MR) is 94.9 cm³/mol. The minimum atomic E-state index is 0.206. The molecule has 114 valence electrons. The molecule has 0 bridgehead atoms. The molecule has 1 nitrogen and oxygen atoms in total. The Bertz CT molecular complexity index is 793. The van der Waals surface area contributed by atoms with Crippen LogP contribution in [-0.4, -0.2) is 6.10 Å². The highest BCUT2D eigenvalue weighted by Crippen LogP contribution is 2.47. The molecule has 0 saturated heterocycles. The third kappa shape index (κ3) is 2.43. The highest BCUT2D eigenvalue weighted by Gasteiger charge is 2.36. The van der Waals surface area contributed by atoms with Gasteiger partial charge in [-0.2, -0.15) is 0 Å². The Morgan fingerprint density at radius 1 is 0.783 bits per heavy atom. The van der Waals surface area contributed by atoms with Crippen LogP contribution < -0.4 is 4.74 Å². The number of rotatable bonds is 3. The van der Waals surface area contributed by atoms with Crippen molar-refractivity contribution < 1.29 is 4.74 Å². The third-order valence-corrected chi connectivity index (χ3v) is 4.67. The predicted octanol–water partition coefficient (Wildman–Crippen LogP) is 5.66. The summed E-state index contributed by atoms with van der Waals surface area (Å²) in [6.07, 6.45) is 1.21. The van der Waals surface area contributed by atoms with Crippen LogP contribution in [0.25, 0.3) is 11.1 Å². The first-order valence-corrected chi connectivity index (χ1v) is 8.28. The molecule has 0 amide bonds. The van der Waals surface area contributed by atoms with Gasteiger partial charge in [-0.05, 0) is 29.2 Å². The molecule has 1 heterocycles. The number of benzene rings is 3. The molecule has 0 spiro atoms. The first-order chi connectivity index (χ1) is 11.4. The van der Waals surface area contributed by atoms with Crippen molar-refractivity contribution in [2.45, 2.75) is 25.4 Å². The van der Waals surface area contributed by atoms with E-state index in [9.17, 15) is 0 Å². The van der Waals surface area contributed by atoms with Crippen molar-refractivity contribution in [1.82, 2.24) is 0 Å². The first kappa shape index (κ1) is 14.1. The van der Waals surface area contributed by atoms with Crippen LogP contribution in [0, 0.1) is 0 Å². The summed E-state index contributed by atoms with van der Waals surface area (Å²) in [6, 6.07) is 27.8. The fourth-order valence-electron chi connectivity index (χ4n) is 3.61. The molecule has 0 saturated carbocycles. The minimum absolute atomic E-state index is 0.206. The highest BCUT2D eigenvalue weighted by molar-refractivity contribution is 5.73. The molecule has 3 aromatic rings. The van der Waals surface area contributed by atoms with Gasteiger partial charge in [-0.1, -0.05) is 79.7 Å². The second-order valence-electron chi connectivity index (χ2n) is 6.04. The van der Waals surface area contributed by atoms with E-state index in [1.54, 1.807) is 0 Å². The molecule has 0 radical (unpaired) electrons. The van der Waals surface area contributed by atoms with Gasteiger partial charge < -0.3 is 4.74 Å². The molecule has 2 unspecified atom stereocenters. The van der Waals surface area contributed by atoms with Crippen molar-refractivity contribution in [2.75, 3.05) is 0 Å². The minimum Gasteiger partial charge on any atom is -0.489 e. The van der Waals surface area contributed by atoms with Gasteiger partial charge >= 0.3 is 0 Å². The standard InChI is InChI=1S/C22H20O/c1-2-19-21(17-12-7-4-8-13-17)22-18(14-9-15-20(22)23-19)16-10-5-3-6-11-16/h3-15,19,21H,2H2,1H3. The number of ether oxygens (including phenoxy) is 1. The normalized spacial score (nSPS) is 19.2. The topological polar surface area (TPSA) is 9.23 Å². The molecule has 1 aliphatic heterocycles. The summed E-state index contributed by atoms with van der Waals surface area (Å²) in [7, 11) is 0. The van der Waals surface area contributed by atoms with E-state index in [0.29, 0.717) is 5.92 Å². The van der Waals surface area contributed by atoms with E-state index in [1.165, 1.54) is 22.3 Å². The Hall–Kier alpha value is -2.54. The average molecular weight is 300 g/mol. The van der Waals surface area contributed by atoms with Gasteiger partial charge in [-0.25, -0.2) is 0 Å². The van der Waals surface area contributed by atoms with Crippen molar-refractivity contribution in [2.24, 2.45) is 0 Å². The van der Waals surface area contributed by atoms with Crippen molar-refractivity contribution in [1.29, 1.82) is 0 Å². The lowest BCUT2D eigenvalue weighted by molar-refractivity contribution is 0.212. The Labute approximate surface area is 137 Å². The molecule has 0 fully saturated rings. The van der Waals surface area contributed by atoms with E-state index in [2.05, 4.69) is 85.8 Å². The van der Waals surface area contributed by atoms with E-state index >= 15 is 0 Å². The molecule has 3 aromatic carbocycles. The van der Waals surface area contributed by atoms with Crippen LogP contribution in [0.3, 0.4) is 0 Å². The Kier molecular flexibility index (Phi) is 3.63. The number of hydrogen-bond acceptors (Lipinski definition) is 1. The van der Waals surface area contributed by atoms with E-state index < -0.39 is 0 Å². The van der Waals surface area contributed by atoms with Crippen LogP contribution in [-0.2, 0) is 0 Å². The van der Waals surface area contributed by atoms with Crippen LogP contribution in [0.5, 0.6) is 5.75 Å². The van der Waals surface area contributed by atoms with Crippen LogP contribution in [0.15, 0.2) is 78.9 Å². The molecule has 4 rings (SSSR count). The molecule has 0 aromatic heterocycles. The van der Waals surface area contributed by atoms with Crippen LogP contribution in [0.2, 0.25) is 0 Å². The molecule has 2 atom stereocenters. The van der Waals surface area contributed by atoms with Gasteiger partial charge in [0.2, 0.25) is 0 Å². The zero-order valence-electron chi connectivity index (χ0n) is 13.3. The van der Waals surface area contributed by atoms with Crippen LogP contribution in [0.1, 0.15) is 30.4 Å². The van der Waals surface area contributed by atoms with Crippen molar-refractivity contribution in [3.05, 3.63) is 90.0 Å². The van der Waals surface area contributed by atoms with Gasteiger partial charge in [-0.3, -0.25) is 0 Å². The Morgan fingerprint density at radius 3 is 2.17 bits per heavy atom. The van der Waals surface area contributed by atoms with Crippen molar-refractivity contribution in [3.8, 4) is 16.9 Å². The zero-order valence-corrected chi connectivity index (χ0v) is 13.3. The summed E-state index contributed by atoms with van der Waals surface area (Å²) in [6.45, 7) is 2.20. The maximum absolute atomic E-state index is 6.29. The molecule has 1 aliphatic rings. The van der Waals surface area contributed by atoms with Crippen LogP contribution in [0.4, 0.5) is 0 Å². The maximum Gasteiger partial charge on any atom is 0.124 e. The first-order valence-electron chi connectivity index (χ1n) is 8.28. The maximum atomic E-state index is 6.29. The smallest absolute Gasteiger partial charge is 0.124 e. The van der Waals surface area contributed by atoms with Gasteiger partial charge in [0.05, 0.1) is 5.92 Å². The average Bonchev–Trinajstić information content (AvgIpc) is 3.02. The lowest BCUT2D eigenvalue weighted by atomic mass is 9.83. The van der Waals surface area contributed by atoms with Gasteiger partial charge in [0.25, 0.3) is 0 Å². The number of fused-ring (bicyclic) bond motifs is 1. The van der Waals surface area contributed by atoms with Gasteiger partial charge in [0.1, 0.15) is 11.9 Å². The zero-order chi connectivity index (χ0) is 15.6.